The van der Waals surface area contributed by atoms with Crippen LogP contribution in [0.3, 0.4) is 0 Å². The van der Waals surface area contributed by atoms with Crippen LogP contribution in [0.1, 0.15) is 11.1 Å². The fraction of sp³-hybridized carbons (Fsp3) is 0.200. The van der Waals surface area contributed by atoms with Crippen molar-refractivity contribution in [3.8, 4) is 5.75 Å². The zero-order valence-corrected chi connectivity index (χ0v) is 11.9. The molecule has 0 saturated heterocycles. The fourth-order valence-electron chi connectivity index (χ4n) is 1.90. The number of benzene rings is 2. The maximum Gasteiger partial charge on any atom is 0.122 e. The van der Waals surface area contributed by atoms with Crippen molar-refractivity contribution in [3.05, 3.63) is 53.6 Å². The molecule has 1 atom stereocenters. The van der Waals surface area contributed by atoms with E-state index in [1.54, 1.807) is 13.2 Å². The Kier molecular flexibility index (Phi) is 4.22. The molecule has 1 unspecified atom stereocenters. The molecular weight excluding hydrogens is 258 g/mol. The number of ether oxygens (including phenoxy) is 1. The minimum atomic E-state index is -1.13. The van der Waals surface area contributed by atoms with E-state index in [9.17, 15) is 4.21 Å². The minimum Gasteiger partial charge on any atom is -0.496 e. The molecule has 0 fully saturated rings. The lowest BCUT2D eigenvalue weighted by Crippen LogP contribution is -2.01. The molecule has 0 bridgehead atoms. The van der Waals surface area contributed by atoms with Crippen molar-refractivity contribution >= 4 is 16.5 Å². The van der Waals surface area contributed by atoms with Crippen molar-refractivity contribution < 1.29 is 8.95 Å². The lowest BCUT2D eigenvalue weighted by molar-refractivity contribution is 0.411. The van der Waals surface area contributed by atoms with Gasteiger partial charge in [0.2, 0.25) is 0 Å². The largest absolute Gasteiger partial charge is 0.496 e. The van der Waals surface area contributed by atoms with Gasteiger partial charge < -0.3 is 10.5 Å². The predicted molar refractivity (Wildman–Crippen MR) is 78.7 cm³/mol. The molecule has 0 spiro atoms. The summed E-state index contributed by atoms with van der Waals surface area (Å²) in [7, 11) is 0.490. The molecule has 2 rings (SSSR count). The number of nitrogen functional groups attached to an aromatic ring is 1. The molecule has 4 heteroatoms. The van der Waals surface area contributed by atoms with E-state index < -0.39 is 10.8 Å². The predicted octanol–water partition coefficient (Wildman–Crippen LogP) is 2.89. The van der Waals surface area contributed by atoms with Gasteiger partial charge in [-0.3, -0.25) is 4.21 Å². The highest BCUT2D eigenvalue weighted by atomic mass is 32.2. The Morgan fingerprint density at radius 1 is 1.21 bits per heavy atom. The molecule has 3 nitrogen and oxygen atoms in total. The molecule has 0 aliphatic rings. The quantitative estimate of drug-likeness (QED) is 0.873. The molecule has 2 N–H and O–H groups in total. The Hall–Kier alpha value is -1.81. The molecule has 19 heavy (non-hydrogen) atoms. The van der Waals surface area contributed by atoms with E-state index in [1.165, 1.54) is 0 Å². The molecule has 0 radical (unpaired) electrons. The minimum absolute atomic E-state index is 0.425. The SMILES string of the molecule is COc1ccccc1CS(=O)c1cc(N)ccc1C. The van der Waals surface area contributed by atoms with E-state index in [0.717, 1.165) is 21.8 Å². The van der Waals surface area contributed by atoms with Crippen LogP contribution in [0, 0.1) is 6.92 Å². The molecule has 0 aliphatic heterocycles. The number of hydrogen-bond donors (Lipinski definition) is 1. The van der Waals surface area contributed by atoms with E-state index >= 15 is 0 Å². The third kappa shape index (κ3) is 3.15. The van der Waals surface area contributed by atoms with Crippen molar-refractivity contribution in [2.45, 2.75) is 17.6 Å². The summed E-state index contributed by atoms with van der Waals surface area (Å²) in [4.78, 5) is 0.783. The van der Waals surface area contributed by atoms with Crippen molar-refractivity contribution in [2.24, 2.45) is 0 Å². The van der Waals surface area contributed by atoms with Gasteiger partial charge in [0, 0.05) is 16.1 Å². The third-order valence-electron chi connectivity index (χ3n) is 2.94. The summed E-state index contributed by atoms with van der Waals surface area (Å²) in [6.07, 6.45) is 0. The third-order valence-corrected chi connectivity index (χ3v) is 4.44. The lowest BCUT2D eigenvalue weighted by atomic mass is 10.2. The summed E-state index contributed by atoms with van der Waals surface area (Å²) in [6, 6.07) is 13.1. The van der Waals surface area contributed by atoms with Crippen LogP contribution in [-0.4, -0.2) is 11.3 Å². The van der Waals surface area contributed by atoms with Crippen LogP contribution in [0.5, 0.6) is 5.75 Å². The standard InChI is InChI=1S/C15H17NO2S/c1-11-7-8-13(16)9-15(11)19(17)10-12-5-3-4-6-14(12)18-2/h3-9H,10,16H2,1-2H3. The second-order valence-corrected chi connectivity index (χ2v) is 5.75. The zero-order valence-electron chi connectivity index (χ0n) is 11.1. The maximum atomic E-state index is 12.5. The lowest BCUT2D eigenvalue weighted by Gasteiger charge is -2.10. The average Bonchev–Trinajstić information content (AvgIpc) is 2.42. The first-order valence-corrected chi connectivity index (χ1v) is 7.30. The van der Waals surface area contributed by atoms with Crippen LogP contribution >= 0.6 is 0 Å². The smallest absolute Gasteiger partial charge is 0.122 e. The molecule has 2 aromatic rings. The van der Waals surface area contributed by atoms with Gasteiger partial charge in [0.05, 0.1) is 23.7 Å². The highest BCUT2D eigenvalue weighted by Gasteiger charge is 2.11. The average molecular weight is 275 g/mol. The van der Waals surface area contributed by atoms with Gasteiger partial charge in [-0.25, -0.2) is 0 Å². The topological polar surface area (TPSA) is 52.3 Å². The normalized spacial score (nSPS) is 12.1. The number of para-hydroxylation sites is 1. The van der Waals surface area contributed by atoms with Crippen molar-refractivity contribution in [3.63, 3.8) is 0 Å². The van der Waals surface area contributed by atoms with Crippen LogP contribution in [-0.2, 0) is 16.6 Å². The van der Waals surface area contributed by atoms with Gasteiger partial charge in [0.15, 0.2) is 0 Å². The van der Waals surface area contributed by atoms with Crippen LogP contribution in [0.15, 0.2) is 47.4 Å². The first-order chi connectivity index (χ1) is 9.11. The van der Waals surface area contributed by atoms with Gasteiger partial charge in [-0.05, 0) is 30.7 Å². The summed E-state index contributed by atoms with van der Waals surface area (Å²) >= 11 is 0. The first kappa shape index (κ1) is 13.6. The van der Waals surface area contributed by atoms with Gasteiger partial charge in [0.25, 0.3) is 0 Å². The molecule has 0 saturated carbocycles. The van der Waals surface area contributed by atoms with E-state index in [-0.39, 0.29) is 0 Å². The summed E-state index contributed by atoms with van der Waals surface area (Å²) in [5.74, 6) is 1.19. The molecule has 0 aliphatic carbocycles. The fourth-order valence-corrected chi connectivity index (χ4v) is 3.27. The maximum absolute atomic E-state index is 12.5. The summed E-state index contributed by atoms with van der Waals surface area (Å²) in [6.45, 7) is 1.94. The Bertz CT molecular complexity index is 611. The monoisotopic (exact) mass is 275 g/mol. The second-order valence-electron chi connectivity index (χ2n) is 4.33. The summed E-state index contributed by atoms with van der Waals surface area (Å²) in [5, 5.41) is 0. The van der Waals surface area contributed by atoms with Crippen LogP contribution in [0.4, 0.5) is 5.69 Å². The molecule has 0 heterocycles. The van der Waals surface area contributed by atoms with E-state index in [0.29, 0.717) is 11.4 Å². The Morgan fingerprint density at radius 2 is 1.95 bits per heavy atom. The van der Waals surface area contributed by atoms with Gasteiger partial charge in [0.1, 0.15) is 5.75 Å². The number of methoxy groups -OCH3 is 1. The number of hydrogen-bond acceptors (Lipinski definition) is 3. The Morgan fingerprint density at radius 3 is 2.68 bits per heavy atom. The van der Waals surface area contributed by atoms with Crippen molar-refractivity contribution in [1.82, 2.24) is 0 Å². The van der Waals surface area contributed by atoms with Gasteiger partial charge >= 0.3 is 0 Å². The molecular formula is C15H17NO2S. The van der Waals surface area contributed by atoms with E-state index in [4.69, 9.17) is 10.5 Å². The van der Waals surface area contributed by atoms with E-state index in [1.807, 2.05) is 43.3 Å². The summed E-state index contributed by atoms with van der Waals surface area (Å²) < 4.78 is 17.7. The number of nitrogens with two attached hydrogens (primary N) is 1. The molecule has 0 amide bonds. The first-order valence-electron chi connectivity index (χ1n) is 5.98. The summed E-state index contributed by atoms with van der Waals surface area (Å²) in [5.41, 5.74) is 8.31. The zero-order chi connectivity index (χ0) is 13.8. The van der Waals surface area contributed by atoms with Gasteiger partial charge in [-0.1, -0.05) is 24.3 Å². The highest BCUT2D eigenvalue weighted by Crippen LogP contribution is 2.24. The molecule has 2 aromatic carbocycles. The van der Waals surface area contributed by atoms with Crippen molar-refractivity contribution in [2.75, 3.05) is 12.8 Å². The number of rotatable bonds is 4. The highest BCUT2D eigenvalue weighted by molar-refractivity contribution is 7.84. The Balaban J connectivity index is 2.28. The van der Waals surface area contributed by atoms with Crippen LogP contribution < -0.4 is 10.5 Å². The van der Waals surface area contributed by atoms with Crippen molar-refractivity contribution in [1.29, 1.82) is 0 Å². The number of aryl methyl sites for hydroxylation is 1. The van der Waals surface area contributed by atoms with E-state index in [2.05, 4.69) is 0 Å². The van der Waals surface area contributed by atoms with Crippen LogP contribution in [0.25, 0.3) is 0 Å². The molecule has 100 valence electrons. The van der Waals surface area contributed by atoms with Gasteiger partial charge in [-0.2, -0.15) is 0 Å². The van der Waals surface area contributed by atoms with Gasteiger partial charge in [-0.15, -0.1) is 0 Å². The molecule has 0 aromatic heterocycles. The number of anilines is 1. The van der Waals surface area contributed by atoms with Crippen LogP contribution in [0.2, 0.25) is 0 Å². The second kappa shape index (κ2) is 5.89. The Labute approximate surface area is 115 Å².